The minimum atomic E-state index is -0.383. The van der Waals surface area contributed by atoms with Crippen LogP contribution >= 0.6 is 0 Å². The topological polar surface area (TPSA) is 122 Å². The number of carbonyl (C=O) groups is 1. The molecule has 25 heavy (non-hydrogen) atoms. The number of nitrogen functional groups attached to an aromatic ring is 2. The lowest BCUT2D eigenvalue weighted by Gasteiger charge is -2.24. The number of nitrogens with two attached hydrogens (primary N) is 3. The van der Waals surface area contributed by atoms with Gasteiger partial charge < -0.3 is 22.1 Å². The summed E-state index contributed by atoms with van der Waals surface area (Å²) in [4.78, 5) is 13.3. The number of hydrogen-bond acceptors (Lipinski definition) is 4. The molecule has 0 unspecified atom stereocenters. The Balaban J connectivity index is 1.95. The zero-order valence-electron chi connectivity index (χ0n) is 14.2. The molecule has 6 heteroatoms. The van der Waals surface area contributed by atoms with Crippen molar-refractivity contribution in [1.29, 1.82) is 5.41 Å². The maximum Gasteiger partial charge on any atom is 0.236 e. The SMILES string of the molecule is N=C(N)c1cccc(N(CCCCc2ccc(N)cc2)CC(N)=O)c1. The number of nitrogens with one attached hydrogen (secondary N) is 1. The van der Waals surface area contributed by atoms with Gasteiger partial charge in [0.15, 0.2) is 0 Å². The normalized spacial score (nSPS) is 10.4. The molecule has 0 aliphatic carbocycles. The van der Waals surface area contributed by atoms with Crippen LogP contribution < -0.4 is 22.1 Å². The fourth-order valence-corrected chi connectivity index (χ4v) is 2.67. The maximum atomic E-state index is 11.4. The molecule has 0 aromatic heterocycles. The summed E-state index contributed by atoms with van der Waals surface area (Å²) in [6.07, 6.45) is 2.87. The van der Waals surface area contributed by atoms with E-state index < -0.39 is 0 Å². The molecule has 0 saturated heterocycles. The maximum absolute atomic E-state index is 11.4. The van der Waals surface area contributed by atoms with Crippen molar-refractivity contribution in [2.24, 2.45) is 11.5 Å². The zero-order valence-corrected chi connectivity index (χ0v) is 14.2. The van der Waals surface area contributed by atoms with Crippen molar-refractivity contribution in [3.05, 3.63) is 59.7 Å². The molecule has 2 aromatic rings. The van der Waals surface area contributed by atoms with Crippen molar-refractivity contribution in [3.8, 4) is 0 Å². The van der Waals surface area contributed by atoms with Gasteiger partial charge in [0, 0.05) is 23.5 Å². The quantitative estimate of drug-likeness (QED) is 0.241. The molecule has 0 fully saturated rings. The highest BCUT2D eigenvalue weighted by Crippen LogP contribution is 2.17. The summed E-state index contributed by atoms with van der Waals surface area (Å²) >= 11 is 0. The first-order chi connectivity index (χ1) is 12.0. The van der Waals surface area contributed by atoms with E-state index in [0.29, 0.717) is 12.1 Å². The van der Waals surface area contributed by atoms with Crippen LogP contribution in [0.4, 0.5) is 11.4 Å². The van der Waals surface area contributed by atoms with Crippen LogP contribution in [0.3, 0.4) is 0 Å². The summed E-state index contributed by atoms with van der Waals surface area (Å²) in [5, 5.41) is 7.55. The number of aryl methyl sites for hydroxylation is 1. The minimum Gasteiger partial charge on any atom is -0.399 e. The summed E-state index contributed by atoms with van der Waals surface area (Å²) < 4.78 is 0. The van der Waals surface area contributed by atoms with Gasteiger partial charge in [-0.1, -0.05) is 24.3 Å². The second-order valence-electron chi connectivity index (χ2n) is 6.05. The minimum absolute atomic E-state index is 0.00391. The Morgan fingerprint density at radius 3 is 2.40 bits per heavy atom. The molecule has 0 aliphatic rings. The van der Waals surface area contributed by atoms with Gasteiger partial charge in [-0.05, 0) is 49.1 Å². The molecule has 0 radical (unpaired) electrons. The smallest absolute Gasteiger partial charge is 0.236 e. The van der Waals surface area contributed by atoms with E-state index in [-0.39, 0.29) is 18.3 Å². The lowest BCUT2D eigenvalue weighted by molar-refractivity contribution is -0.116. The second-order valence-corrected chi connectivity index (χ2v) is 6.05. The van der Waals surface area contributed by atoms with E-state index in [1.54, 1.807) is 6.07 Å². The molecule has 0 aliphatic heterocycles. The van der Waals surface area contributed by atoms with Gasteiger partial charge in [0.05, 0.1) is 6.54 Å². The van der Waals surface area contributed by atoms with Crippen LogP contribution in [-0.4, -0.2) is 24.8 Å². The van der Waals surface area contributed by atoms with Crippen molar-refractivity contribution in [2.75, 3.05) is 23.7 Å². The molecule has 132 valence electrons. The Bertz CT molecular complexity index is 727. The molecule has 0 bridgehead atoms. The molecule has 0 spiro atoms. The van der Waals surface area contributed by atoms with Crippen molar-refractivity contribution in [2.45, 2.75) is 19.3 Å². The third-order valence-corrected chi connectivity index (χ3v) is 3.99. The number of primary amides is 1. The Hall–Kier alpha value is -3.02. The number of amides is 1. The average Bonchev–Trinajstić information content (AvgIpc) is 2.59. The van der Waals surface area contributed by atoms with E-state index in [1.165, 1.54) is 5.56 Å². The van der Waals surface area contributed by atoms with Crippen LogP contribution in [0, 0.1) is 5.41 Å². The number of nitrogens with zero attached hydrogens (tertiary/aromatic N) is 1. The van der Waals surface area contributed by atoms with Gasteiger partial charge in [0.25, 0.3) is 0 Å². The van der Waals surface area contributed by atoms with Gasteiger partial charge in [0.2, 0.25) is 5.91 Å². The largest absolute Gasteiger partial charge is 0.399 e. The Morgan fingerprint density at radius 2 is 1.76 bits per heavy atom. The van der Waals surface area contributed by atoms with Gasteiger partial charge in [-0.3, -0.25) is 10.2 Å². The van der Waals surface area contributed by atoms with Crippen molar-refractivity contribution >= 4 is 23.1 Å². The van der Waals surface area contributed by atoms with Crippen LogP contribution in [-0.2, 0) is 11.2 Å². The van der Waals surface area contributed by atoms with Crippen LogP contribution in [0.5, 0.6) is 0 Å². The second kappa shape index (κ2) is 8.73. The number of carbonyl (C=O) groups excluding carboxylic acids is 1. The standard InChI is InChI=1S/C19H25N5O/c20-16-9-7-14(8-10-16)4-1-2-11-24(13-18(21)25)17-6-3-5-15(12-17)19(22)23/h3,5-10,12H,1-2,4,11,13,20H2,(H2,21,25)(H3,22,23). The Labute approximate surface area is 148 Å². The zero-order chi connectivity index (χ0) is 18.2. The molecule has 1 amide bonds. The summed E-state index contributed by atoms with van der Waals surface area (Å²) in [5.74, 6) is -0.379. The fourth-order valence-electron chi connectivity index (χ4n) is 2.67. The third kappa shape index (κ3) is 5.84. The highest BCUT2D eigenvalue weighted by molar-refractivity contribution is 5.96. The van der Waals surface area contributed by atoms with Crippen molar-refractivity contribution < 1.29 is 4.79 Å². The third-order valence-electron chi connectivity index (χ3n) is 3.99. The fraction of sp³-hybridized carbons (Fsp3) is 0.263. The monoisotopic (exact) mass is 339 g/mol. The van der Waals surface area contributed by atoms with Crippen molar-refractivity contribution in [1.82, 2.24) is 0 Å². The van der Waals surface area contributed by atoms with Crippen LogP contribution in [0.2, 0.25) is 0 Å². The van der Waals surface area contributed by atoms with E-state index in [4.69, 9.17) is 22.6 Å². The average molecular weight is 339 g/mol. The summed E-state index contributed by atoms with van der Waals surface area (Å²) in [6, 6.07) is 15.2. The first-order valence-electron chi connectivity index (χ1n) is 8.28. The number of unbranched alkanes of at least 4 members (excludes halogenated alkanes) is 1. The molecule has 2 aromatic carbocycles. The number of rotatable bonds is 9. The lowest BCUT2D eigenvalue weighted by Crippen LogP contribution is -2.34. The first-order valence-corrected chi connectivity index (χ1v) is 8.28. The van der Waals surface area contributed by atoms with E-state index >= 15 is 0 Å². The highest BCUT2D eigenvalue weighted by atomic mass is 16.1. The molecular weight excluding hydrogens is 314 g/mol. The van der Waals surface area contributed by atoms with Crippen LogP contribution in [0.15, 0.2) is 48.5 Å². The van der Waals surface area contributed by atoms with Crippen molar-refractivity contribution in [3.63, 3.8) is 0 Å². The summed E-state index contributed by atoms with van der Waals surface area (Å²) in [5.41, 5.74) is 20.1. The predicted octanol–water partition coefficient (Wildman–Crippen LogP) is 1.87. The molecular formula is C19H25N5O. The van der Waals surface area contributed by atoms with Crippen LogP contribution in [0.1, 0.15) is 24.0 Å². The highest BCUT2D eigenvalue weighted by Gasteiger charge is 2.10. The Morgan fingerprint density at radius 1 is 1.04 bits per heavy atom. The van der Waals surface area contributed by atoms with E-state index in [9.17, 15) is 4.79 Å². The molecule has 0 heterocycles. The molecule has 6 nitrogen and oxygen atoms in total. The van der Waals surface area contributed by atoms with E-state index in [0.717, 1.165) is 30.6 Å². The lowest BCUT2D eigenvalue weighted by atomic mass is 10.1. The van der Waals surface area contributed by atoms with Crippen LogP contribution in [0.25, 0.3) is 0 Å². The van der Waals surface area contributed by atoms with Gasteiger partial charge >= 0.3 is 0 Å². The van der Waals surface area contributed by atoms with Gasteiger partial charge in [0.1, 0.15) is 5.84 Å². The number of benzene rings is 2. The molecule has 2 rings (SSSR count). The Kier molecular flexibility index (Phi) is 6.39. The number of hydrogen-bond donors (Lipinski definition) is 4. The van der Waals surface area contributed by atoms with Gasteiger partial charge in [-0.25, -0.2) is 0 Å². The summed E-state index contributed by atoms with van der Waals surface area (Å²) in [7, 11) is 0. The molecule has 7 N–H and O–H groups in total. The summed E-state index contributed by atoms with van der Waals surface area (Å²) in [6.45, 7) is 0.850. The first kappa shape index (κ1) is 18.3. The predicted molar refractivity (Wildman–Crippen MR) is 103 cm³/mol. The van der Waals surface area contributed by atoms with Gasteiger partial charge in [-0.2, -0.15) is 0 Å². The molecule has 0 saturated carbocycles. The van der Waals surface area contributed by atoms with E-state index in [2.05, 4.69) is 0 Å². The van der Waals surface area contributed by atoms with E-state index in [1.807, 2.05) is 47.4 Å². The number of amidine groups is 1. The van der Waals surface area contributed by atoms with Gasteiger partial charge in [-0.15, -0.1) is 0 Å². The molecule has 0 atom stereocenters. The number of anilines is 2.